The Morgan fingerprint density at radius 2 is 2.32 bits per heavy atom. The van der Waals surface area contributed by atoms with Crippen LogP contribution in [-0.4, -0.2) is 22.2 Å². The highest BCUT2D eigenvalue weighted by atomic mass is 35.5. The molecule has 1 aromatic heterocycles. The second-order valence-electron chi connectivity index (χ2n) is 4.19. The summed E-state index contributed by atoms with van der Waals surface area (Å²) in [5, 5.41) is 7.49. The van der Waals surface area contributed by atoms with E-state index in [1.165, 1.54) is 0 Å². The number of anilines is 1. The third-order valence-electron chi connectivity index (χ3n) is 2.57. The van der Waals surface area contributed by atoms with E-state index in [0.29, 0.717) is 30.2 Å². The Morgan fingerprint density at radius 1 is 1.47 bits per heavy atom. The first kappa shape index (κ1) is 13.4. The molecule has 0 radical (unpaired) electrons. The molecular formula is C13H15ClN4O. The van der Waals surface area contributed by atoms with E-state index in [1.807, 2.05) is 12.1 Å². The van der Waals surface area contributed by atoms with Gasteiger partial charge in [-0.3, -0.25) is 9.48 Å². The van der Waals surface area contributed by atoms with Crippen molar-refractivity contribution in [3.8, 4) is 0 Å². The number of aromatic nitrogens is 2. The Bertz CT molecular complexity index is 567. The highest BCUT2D eigenvalue weighted by molar-refractivity contribution is 6.30. The van der Waals surface area contributed by atoms with E-state index >= 15 is 0 Å². The van der Waals surface area contributed by atoms with Gasteiger partial charge in [-0.25, -0.2) is 0 Å². The van der Waals surface area contributed by atoms with Crippen molar-refractivity contribution in [1.82, 2.24) is 15.1 Å². The van der Waals surface area contributed by atoms with Gasteiger partial charge in [-0.05, 0) is 17.7 Å². The maximum absolute atomic E-state index is 11.7. The number of hydrogen-bond donors (Lipinski definition) is 2. The first-order valence-electron chi connectivity index (χ1n) is 5.92. The van der Waals surface area contributed by atoms with Gasteiger partial charge in [0.2, 0.25) is 5.91 Å². The third kappa shape index (κ3) is 4.30. The quantitative estimate of drug-likeness (QED) is 0.870. The summed E-state index contributed by atoms with van der Waals surface area (Å²) in [6.45, 7) is 1.11. The molecule has 0 saturated heterocycles. The number of nitrogens with zero attached hydrogens (tertiary/aromatic N) is 2. The van der Waals surface area contributed by atoms with Crippen molar-refractivity contribution in [1.29, 1.82) is 0 Å². The van der Waals surface area contributed by atoms with Crippen LogP contribution in [-0.2, 0) is 17.8 Å². The molecule has 0 unspecified atom stereocenters. The maximum Gasteiger partial charge on any atom is 0.224 e. The third-order valence-corrected chi connectivity index (χ3v) is 2.81. The molecule has 1 amide bonds. The molecule has 2 rings (SSSR count). The van der Waals surface area contributed by atoms with Crippen molar-refractivity contribution in [3.63, 3.8) is 0 Å². The van der Waals surface area contributed by atoms with Crippen LogP contribution in [0.4, 0.5) is 5.69 Å². The smallest absolute Gasteiger partial charge is 0.224 e. The minimum absolute atomic E-state index is 0.0394. The summed E-state index contributed by atoms with van der Waals surface area (Å²) in [5.74, 6) is -0.0394. The Labute approximate surface area is 116 Å². The molecule has 6 heteroatoms. The van der Waals surface area contributed by atoms with Crippen molar-refractivity contribution in [2.24, 2.45) is 0 Å². The highest BCUT2D eigenvalue weighted by Gasteiger charge is 2.03. The Balaban J connectivity index is 1.76. The van der Waals surface area contributed by atoms with Gasteiger partial charge in [0, 0.05) is 17.8 Å². The lowest BCUT2D eigenvalue weighted by Crippen LogP contribution is -2.28. The van der Waals surface area contributed by atoms with Crippen LogP contribution in [0.3, 0.4) is 0 Å². The lowest BCUT2D eigenvalue weighted by atomic mass is 10.1. The van der Waals surface area contributed by atoms with E-state index in [9.17, 15) is 4.79 Å². The van der Waals surface area contributed by atoms with Crippen LogP contribution in [0.15, 0.2) is 36.7 Å². The monoisotopic (exact) mass is 278 g/mol. The van der Waals surface area contributed by atoms with Crippen LogP contribution in [0.1, 0.15) is 5.56 Å². The summed E-state index contributed by atoms with van der Waals surface area (Å²) in [5.41, 5.74) is 7.06. The van der Waals surface area contributed by atoms with Gasteiger partial charge in [0.1, 0.15) is 0 Å². The van der Waals surface area contributed by atoms with E-state index in [2.05, 4.69) is 10.4 Å². The molecule has 0 bridgehead atoms. The first-order chi connectivity index (χ1) is 9.13. The van der Waals surface area contributed by atoms with Gasteiger partial charge in [-0.15, -0.1) is 0 Å². The first-order valence-corrected chi connectivity index (χ1v) is 6.30. The molecule has 0 aliphatic heterocycles. The number of benzene rings is 1. The van der Waals surface area contributed by atoms with E-state index in [-0.39, 0.29) is 5.91 Å². The fraction of sp³-hybridized carbons (Fsp3) is 0.231. The second-order valence-corrected chi connectivity index (χ2v) is 4.63. The van der Waals surface area contributed by atoms with Gasteiger partial charge in [0.25, 0.3) is 0 Å². The van der Waals surface area contributed by atoms with Crippen molar-refractivity contribution >= 4 is 23.2 Å². The van der Waals surface area contributed by atoms with Gasteiger partial charge in [-0.1, -0.05) is 23.7 Å². The van der Waals surface area contributed by atoms with Crippen LogP contribution in [0, 0.1) is 0 Å². The lowest BCUT2D eigenvalue weighted by molar-refractivity contribution is -0.120. The number of halogens is 1. The zero-order chi connectivity index (χ0) is 13.7. The number of nitrogens with one attached hydrogen (secondary N) is 1. The van der Waals surface area contributed by atoms with Gasteiger partial charge in [0.15, 0.2) is 0 Å². The molecule has 1 aromatic carbocycles. The molecule has 0 atom stereocenters. The zero-order valence-electron chi connectivity index (χ0n) is 10.3. The largest absolute Gasteiger partial charge is 0.396 e. The number of carbonyl (C=O) groups is 1. The van der Waals surface area contributed by atoms with Crippen LogP contribution < -0.4 is 11.1 Å². The normalized spacial score (nSPS) is 10.4. The molecule has 0 fully saturated rings. The van der Waals surface area contributed by atoms with Crippen LogP contribution in [0.2, 0.25) is 5.02 Å². The van der Waals surface area contributed by atoms with Crippen LogP contribution >= 0.6 is 11.6 Å². The fourth-order valence-electron chi connectivity index (χ4n) is 1.71. The number of hydrogen-bond acceptors (Lipinski definition) is 3. The lowest BCUT2D eigenvalue weighted by Gasteiger charge is -2.05. The topological polar surface area (TPSA) is 72.9 Å². The van der Waals surface area contributed by atoms with Gasteiger partial charge in [-0.2, -0.15) is 5.10 Å². The van der Waals surface area contributed by atoms with Gasteiger partial charge >= 0.3 is 0 Å². The Kier molecular flexibility index (Phi) is 4.41. The van der Waals surface area contributed by atoms with E-state index in [4.69, 9.17) is 17.3 Å². The molecule has 2 aromatic rings. The molecule has 19 heavy (non-hydrogen) atoms. The number of nitrogens with two attached hydrogens (primary N) is 1. The molecule has 0 saturated carbocycles. The summed E-state index contributed by atoms with van der Waals surface area (Å²) in [6.07, 6.45) is 3.62. The van der Waals surface area contributed by atoms with E-state index in [0.717, 1.165) is 5.56 Å². The van der Waals surface area contributed by atoms with Gasteiger partial charge in [0.05, 0.1) is 24.8 Å². The Hall–Kier alpha value is -2.01. The molecule has 100 valence electrons. The Morgan fingerprint density at radius 3 is 3.00 bits per heavy atom. The van der Waals surface area contributed by atoms with Crippen LogP contribution in [0.5, 0.6) is 0 Å². The molecule has 0 aliphatic carbocycles. The van der Waals surface area contributed by atoms with E-state index < -0.39 is 0 Å². The van der Waals surface area contributed by atoms with Crippen molar-refractivity contribution in [2.45, 2.75) is 13.0 Å². The SMILES string of the molecule is Nc1cnn(CCNC(=O)Cc2cccc(Cl)c2)c1. The molecule has 5 nitrogen and oxygen atoms in total. The minimum Gasteiger partial charge on any atom is -0.396 e. The average Bonchev–Trinajstić information content (AvgIpc) is 2.75. The molecule has 3 N–H and O–H groups in total. The second kappa shape index (κ2) is 6.24. The van der Waals surface area contributed by atoms with Crippen molar-refractivity contribution in [3.05, 3.63) is 47.2 Å². The summed E-state index contributed by atoms with van der Waals surface area (Å²) < 4.78 is 1.69. The predicted octanol–water partition coefficient (Wildman–Crippen LogP) is 1.48. The number of carbonyl (C=O) groups excluding carboxylic acids is 1. The number of rotatable bonds is 5. The average molecular weight is 279 g/mol. The highest BCUT2D eigenvalue weighted by Crippen LogP contribution is 2.10. The van der Waals surface area contributed by atoms with E-state index in [1.54, 1.807) is 29.2 Å². The van der Waals surface area contributed by atoms with Crippen molar-refractivity contribution in [2.75, 3.05) is 12.3 Å². The number of amides is 1. The molecule has 0 spiro atoms. The standard InChI is InChI=1S/C13H15ClN4O/c14-11-3-1-2-10(6-11)7-13(19)16-4-5-18-9-12(15)8-17-18/h1-3,6,8-9H,4-5,7,15H2,(H,16,19). The van der Waals surface area contributed by atoms with Crippen molar-refractivity contribution < 1.29 is 4.79 Å². The molecule has 0 aliphatic rings. The van der Waals surface area contributed by atoms with Crippen LogP contribution in [0.25, 0.3) is 0 Å². The summed E-state index contributed by atoms with van der Waals surface area (Å²) in [6, 6.07) is 7.28. The number of nitrogen functional groups attached to an aromatic ring is 1. The van der Waals surface area contributed by atoms with Gasteiger partial charge < -0.3 is 11.1 Å². The summed E-state index contributed by atoms with van der Waals surface area (Å²) in [7, 11) is 0. The maximum atomic E-state index is 11.7. The summed E-state index contributed by atoms with van der Waals surface area (Å²) >= 11 is 5.86. The minimum atomic E-state index is -0.0394. The molecule has 1 heterocycles. The zero-order valence-corrected chi connectivity index (χ0v) is 11.1. The summed E-state index contributed by atoms with van der Waals surface area (Å²) in [4.78, 5) is 11.7. The fourth-order valence-corrected chi connectivity index (χ4v) is 1.92. The molecular weight excluding hydrogens is 264 g/mol. The predicted molar refractivity (Wildman–Crippen MR) is 74.8 cm³/mol.